The van der Waals surface area contributed by atoms with Crippen molar-refractivity contribution in [3.63, 3.8) is 0 Å². The first kappa shape index (κ1) is 15.3. The zero-order valence-electron chi connectivity index (χ0n) is 11.9. The molecule has 1 atom stereocenters. The summed E-state index contributed by atoms with van der Waals surface area (Å²) in [5.41, 5.74) is -0.319. The van der Waals surface area contributed by atoms with E-state index in [0.29, 0.717) is 5.02 Å². The van der Waals surface area contributed by atoms with Crippen molar-refractivity contribution in [2.45, 2.75) is 44.6 Å². The Morgan fingerprint density at radius 1 is 1.30 bits per heavy atom. The Kier molecular flexibility index (Phi) is 5.06. The Hall–Kier alpha value is -1.06. The Morgan fingerprint density at radius 3 is 2.50 bits per heavy atom. The quantitative estimate of drug-likeness (QED) is 0.896. The van der Waals surface area contributed by atoms with Gasteiger partial charge in [0.25, 0.3) is 0 Å². The number of nitrogens with one attached hydrogen (secondary N) is 1. The maximum Gasteiger partial charge on any atom is 0.223 e. The van der Waals surface area contributed by atoms with Crippen LogP contribution in [0, 0.1) is 5.92 Å². The molecule has 0 spiro atoms. The van der Waals surface area contributed by atoms with E-state index in [1.54, 1.807) is 31.2 Å². The van der Waals surface area contributed by atoms with E-state index in [1.165, 1.54) is 6.42 Å². The Morgan fingerprint density at radius 2 is 1.90 bits per heavy atom. The third kappa shape index (κ3) is 3.97. The van der Waals surface area contributed by atoms with Crippen molar-refractivity contribution in [1.29, 1.82) is 0 Å². The summed E-state index contributed by atoms with van der Waals surface area (Å²) in [5, 5.41) is 14.0. The molecule has 4 heteroatoms. The Labute approximate surface area is 125 Å². The van der Waals surface area contributed by atoms with Gasteiger partial charge in [-0.2, -0.15) is 0 Å². The molecule has 1 fully saturated rings. The fourth-order valence-corrected chi connectivity index (χ4v) is 2.81. The minimum absolute atomic E-state index is 0.0685. The normalized spacial score (nSPS) is 19.4. The van der Waals surface area contributed by atoms with E-state index in [2.05, 4.69) is 5.32 Å². The van der Waals surface area contributed by atoms with Gasteiger partial charge in [0.2, 0.25) is 5.91 Å². The van der Waals surface area contributed by atoms with E-state index in [4.69, 9.17) is 11.6 Å². The van der Waals surface area contributed by atoms with Crippen LogP contribution >= 0.6 is 11.6 Å². The molecule has 1 aliphatic rings. The zero-order chi connectivity index (χ0) is 14.6. The van der Waals surface area contributed by atoms with Gasteiger partial charge in [-0.3, -0.25) is 4.79 Å². The van der Waals surface area contributed by atoms with Crippen molar-refractivity contribution >= 4 is 17.5 Å². The molecule has 3 nitrogen and oxygen atoms in total. The molecule has 1 unspecified atom stereocenters. The van der Waals surface area contributed by atoms with Gasteiger partial charge in [-0.15, -0.1) is 0 Å². The van der Waals surface area contributed by atoms with E-state index < -0.39 is 5.60 Å². The van der Waals surface area contributed by atoms with E-state index in [0.717, 1.165) is 31.2 Å². The molecule has 2 rings (SSSR count). The molecule has 0 bridgehead atoms. The summed E-state index contributed by atoms with van der Waals surface area (Å²) in [6.07, 6.45) is 5.42. The molecule has 0 aliphatic heterocycles. The lowest BCUT2D eigenvalue weighted by Crippen LogP contribution is -2.41. The van der Waals surface area contributed by atoms with Crippen LogP contribution in [0.2, 0.25) is 5.02 Å². The third-order valence-corrected chi connectivity index (χ3v) is 4.30. The van der Waals surface area contributed by atoms with Crippen molar-refractivity contribution in [3.8, 4) is 0 Å². The fraction of sp³-hybridized carbons (Fsp3) is 0.562. The molecular formula is C16H22ClNO2. The van der Waals surface area contributed by atoms with Gasteiger partial charge in [0.05, 0.1) is 6.54 Å². The van der Waals surface area contributed by atoms with E-state index in [1.807, 2.05) is 0 Å². The molecule has 1 amide bonds. The number of rotatable bonds is 4. The van der Waals surface area contributed by atoms with E-state index in [-0.39, 0.29) is 18.4 Å². The molecule has 110 valence electrons. The second kappa shape index (κ2) is 6.59. The highest BCUT2D eigenvalue weighted by molar-refractivity contribution is 6.30. The molecule has 0 saturated heterocycles. The smallest absolute Gasteiger partial charge is 0.223 e. The van der Waals surface area contributed by atoms with E-state index >= 15 is 0 Å². The molecule has 1 aromatic rings. The number of benzene rings is 1. The van der Waals surface area contributed by atoms with Crippen molar-refractivity contribution in [3.05, 3.63) is 34.9 Å². The van der Waals surface area contributed by atoms with Crippen molar-refractivity contribution in [1.82, 2.24) is 5.32 Å². The number of carbonyl (C=O) groups is 1. The van der Waals surface area contributed by atoms with Crippen LogP contribution in [0.5, 0.6) is 0 Å². The van der Waals surface area contributed by atoms with Gasteiger partial charge in [0.15, 0.2) is 0 Å². The minimum Gasteiger partial charge on any atom is -0.384 e. The van der Waals surface area contributed by atoms with Gasteiger partial charge in [-0.1, -0.05) is 43.0 Å². The highest BCUT2D eigenvalue weighted by Gasteiger charge is 2.26. The highest BCUT2D eigenvalue weighted by atomic mass is 35.5. The van der Waals surface area contributed by atoms with Gasteiger partial charge in [-0.25, -0.2) is 0 Å². The lowest BCUT2D eigenvalue weighted by atomic mass is 9.88. The summed E-state index contributed by atoms with van der Waals surface area (Å²) >= 11 is 5.84. The van der Waals surface area contributed by atoms with Gasteiger partial charge < -0.3 is 10.4 Å². The maximum absolute atomic E-state index is 12.1. The zero-order valence-corrected chi connectivity index (χ0v) is 12.6. The lowest BCUT2D eigenvalue weighted by Gasteiger charge is -2.27. The van der Waals surface area contributed by atoms with Crippen LogP contribution in [0.4, 0.5) is 0 Å². The summed E-state index contributed by atoms with van der Waals surface area (Å²) in [4.78, 5) is 12.1. The second-order valence-corrected chi connectivity index (χ2v) is 6.27. The lowest BCUT2D eigenvalue weighted by molar-refractivity contribution is -0.127. The molecule has 1 saturated carbocycles. The van der Waals surface area contributed by atoms with Crippen LogP contribution in [0.25, 0.3) is 0 Å². The summed E-state index contributed by atoms with van der Waals surface area (Å²) in [6.45, 7) is 1.93. The van der Waals surface area contributed by atoms with E-state index in [9.17, 15) is 9.90 Å². The monoisotopic (exact) mass is 295 g/mol. The number of hydrogen-bond acceptors (Lipinski definition) is 2. The minimum atomic E-state index is -1.07. The van der Waals surface area contributed by atoms with Crippen molar-refractivity contribution < 1.29 is 9.90 Å². The molecule has 0 heterocycles. The Balaban J connectivity index is 1.91. The first-order valence-corrected chi connectivity index (χ1v) is 7.63. The highest BCUT2D eigenvalue weighted by Crippen LogP contribution is 2.25. The maximum atomic E-state index is 12.1. The van der Waals surface area contributed by atoms with Gasteiger partial charge in [0.1, 0.15) is 5.60 Å². The van der Waals surface area contributed by atoms with Crippen LogP contribution in [-0.2, 0) is 10.4 Å². The van der Waals surface area contributed by atoms with Crippen LogP contribution in [0.15, 0.2) is 24.3 Å². The first-order valence-electron chi connectivity index (χ1n) is 7.25. The summed E-state index contributed by atoms with van der Waals surface area (Å²) < 4.78 is 0. The average Bonchev–Trinajstić information content (AvgIpc) is 2.46. The standard InChI is InChI=1S/C16H22ClNO2/c1-16(20,13-7-9-14(17)10-8-13)11-18-15(19)12-5-3-2-4-6-12/h7-10,12,20H,2-6,11H2,1H3,(H,18,19). The first-order chi connectivity index (χ1) is 9.49. The third-order valence-electron chi connectivity index (χ3n) is 4.05. The molecule has 0 aromatic heterocycles. The van der Waals surface area contributed by atoms with Gasteiger partial charge in [-0.05, 0) is 37.5 Å². The second-order valence-electron chi connectivity index (χ2n) is 5.83. The molecular weight excluding hydrogens is 274 g/mol. The fourth-order valence-electron chi connectivity index (χ4n) is 2.68. The van der Waals surface area contributed by atoms with Crippen LogP contribution in [0.3, 0.4) is 0 Å². The van der Waals surface area contributed by atoms with Gasteiger partial charge >= 0.3 is 0 Å². The van der Waals surface area contributed by atoms with Crippen molar-refractivity contribution in [2.75, 3.05) is 6.54 Å². The Bertz CT molecular complexity index is 450. The summed E-state index contributed by atoms with van der Waals surface area (Å²) in [5.74, 6) is 0.184. The predicted octanol–water partition coefficient (Wildman–Crippen LogP) is 3.24. The molecule has 0 radical (unpaired) electrons. The van der Waals surface area contributed by atoms with Crippen LogP contribution in [0.1, 0.15) is 44.6 Å². The largest absolute Gasteiger partial charge is 0.384 e. The SMILES string of the molecule is CC(O)(CNC(=O)C1CCCCC1)c1ccc(Cl)cc1. The van der Waals surface area contributed by atoms with Crippen LogP contribution < -0.4 is 5.32 Å². The summed E-state index contributed by atoms with van der Waals surface area (Å²) in [6, 6.07) is 7.06. The average molecular weight is 296 g/mol. The predicted molar refractivity (Wildman–Crippen MR) is 80.6 cm³/mol. The molecule has 20 heavy (non-hydrogen) atoms. The van der Waals surface area contributed by atoms with Crippen molar-refractivity contribution in [2.24, 2.45) is 5.92 Å². The number of amides is 1. The molecule has 2 N–H and O–H groups in total. The number of halogens is 1. The number of carbonyl (C=O) groups excluding carboxylic acids is 1. The molecule has 1 aromatic carbocycles. The number of hydrogen-bond donors (Lipinski definition) is 2. The number of aliphatic hydroxyl groups is 1. The molecule has 1 aliphatic carbocycles. The van der Waals surface area contributed by atoms with Gasteiger partial charge in [0, 0.05) is 10.9 Å². The van der Waals surface area contributed by atoms with Crippen LogP contribution in [-0.4, -0.2) is 17.6 Å². The summed E-state index contributed by atoms with van der Waals surface area (Å²) in [7, 11) is 0. The topological polar surface area (TPSA) is 49.3 Å².